The Labute approximate surface area is 156 Å². The number of carbonyl (C=O) groups is 4. The second-order valence-electron chi connectivity index (χ2n) is 6.74. The molecular weight excluding hydrogens is 354 g/mol. The Balaban J connectivity index is 1.48. The van der Waals surface area contributed by atoms with Crippen LogP contribution in [0.1, 0.15) is 19.8 Å². The normalized spacial score (nSPS) is 21.6. The fourth-order valence-corrected chi connectivity index (χ4v) is 3.02. The molecule has 0 bridgehead atoms. The highest BCUT2D eigenvalue weighted by molar-refractivity contribution is 6.09. The molecule has 2 aliphatic rings. The lowest BCUT2D eigenvalue weighted by atomic mass is 9.96. The highest BCUT2D eigenvalue weighted by atomic mass is 16.5. The maximum atomic E-state index is 12.4. The molecule has 1 aromatic carbocycles. The monoisotopic (exact) mass is 375 g/mol. The third-order valence-electron chi connectivity index (χ3n) is 4.70. The Kier molecular flexibility index (Phi) is 5.02. The number of benzene rings is 1. The first kappa shape index (κ1) is 18.7. The number of hydrogen-bond donors (Lipinski definition) is 2. The van der Waals surface area contributed by atoms with E-state index in [4.69, 9.17) is 9.47 Å². The van der Waals surface area contributed by atoms with Crippen molar-refractivity contribution in [2.45, 2.75) is 25.3 Å². The number of anilines is 1. The third-order valence-corrected chi connectivity index (χ3v) is 4.70. The van der Waals surface area contributed by atoms with Gasteiger partial charge in [-0.2, -0.15) is 0 Å². The van der Waals surface area contributed by atoms with Crippen molar-refractivity contribution in [3.05, 3.63) is 24.3 Å². The zero-order chi connectivity index (χ0) is 19.6. The summed E-state index contributed by atoms with van der Waals surface area (Å²) in [6.07, 6.45) is 1.73. The summed E-state index contributed by atoms with van der Waals surface area (Å²) in [6, 6.07) is 6.09. The van der Waals surface area contributed by atoms with Gasteiger partial charge in [0.25, 0.3) is 11.8 Å². The second kappa shape index (κ2) is 7.26. The van der Waals surface area contributed by atoms with Crippen LogP contribution in [0.15, 0.2) is 24.3 Å². The Morgan fingerprint density at radius 3 is 2.74 bits per heavy atom. The zero-order valence-electron chi connectivity index (χ0n) is 15.1. The first-order valence-electron chi connectivity index (χ1n) is 8.57. The van der Waals surface area contributed by atoms with E-state index in [1.807, 2.05) is 0 Å². The number of ether oxygens (including phenoxy) is 2. The van der Waals surface area contributed by atoms with E-state index >= 15 is 0 Å². The molecule has 9 heteroatoms. The summed E-state index contributed by atoms with van der Waals surface area (Å²) in [7, 11) is 1.51. The average molecular weight is 375 g/mol. The maximum absolute atomic E-state index is 12.4. The molecule has 1 atom stereocenters. The van der Waals surface area contributed by atoms with Gasteiger partial charge in [0, 0.05) is 11.8 Å². The molecule has 9 nitrogen and oxygen atoms in total. The molecule has 0 spiro atoms. The summed E-state index contributed by atoms with van der Waals surface area (Å²) in [4.78, 5) is 49.1. The van der Waals surface area contributed by atoms with Gasteiger partial charge in [-0.1, -0.05) is 6.07 Å². The predicted molar refractivity (Wildman–Crippen MR) is 94.0 cm³/mol. The van der Waals surface area contributed by atoms with E-state index in [2.05, 4.69) is 10.6 Å². The predicted octanol–water partition coefficient (Wildman–Crippen LogP) is 0.897. The lowest BCUT2D eigenvalue weighted by molar-refractivity contribution is -0.150. The molecule has 27 heavy (non-hydrogen) atoms. The average Bonchev–Trinajstić information content (AvgIpc) is 3.46. The molecule has 1 saturated heterocycles. The SMILES string of the molecule is COc1cccc(NC(=O)COC(=O)CN2C(=O)N[C@](C)(C3CC3)C2=O)c1. The number of nitrogens with zero attached hydrogens (tertiary/aromatic N) is 1. The van der Waals surface area contributed by atoms with E-state index in [1.165, 1.54) is 7.11 Å². The second-order valence-corrected chi connectivity index (χ2v) is 6.74. The highest BCUT2D eigenvalue weighted by Crippen LogP contribution is 2.42. The van der Waals surface area contributed by atoms with Gasteiger partial charge in [-0.05, 0) is 37.8 Å². The number of hydrogen-bond acceptors (Lipinski definition) is 6. The third kappa shape index (κ3) is 4.02. The minimum atomic E-state index is -0.957. The van der Waals surface area contributed by atoms with Crippen LogP contribution >= 0.6 is 0 Å². The summed E-state index contributed by atoms with van der Waals surface area (Å²) in [5.41, 5.74) is -0.467. The van der Waals surface area contributed by atoms with Gasteiger partial charge < -0.3 is 20.1 Å². The first-order chi connectivity index (χ1) is 12.8. The van der Waals surface area contributed by atoms with Gasteiger partial charge in [-0.25, -0.2) is 4.79 Å². The number of methoxy groups -OCH3 is 1. The summed E-state index contributed by atoms with van der Waals surface area (Å²) < 4.78 is 9.93. The molecule has 144 valence electrons. The van der Waals surface area contributed by atoms with Crippen molar-refractivity contribution in [3.8, 4) is 5.75 Å². The van der Waals surface area contributed by atoms with Crippen molar-refractivity contribution in [1.29, 1.82) is 0 Å². The van der Waals surface area contributed by atoms with Crippen molar-refractivity contribution in [3.63, 3.8) is 0 Å². The number of imide groups is 1. The van der Waals surface area contributed by atoms with E-state index in [-0.39, 0.29) is 5.92 Å². The Morgan fingerprint density at radius 1 is 1.33 bits per heavy atom. The van der Waals surface area contributed by atoms with Crippen LogP contribution in [-0.2, 0) is 19.1 Å². The molecule has 2 N–H and O–H groups in total. The zero-order valence-corrected chi connectivity index (χ0v) is 15.1. The molecule has 4 amide bonds. The van der Waals surface area contributed by atoms with E-state index in [0.717, 1.165) is 17.7 Å². The van der Waals surface area contributed by atoms with Crippen molar-refractivity contribution < 1.29 is 28.7 Å². The number of urea groups is 1. The number of esters is 1. The Morgan fingerprint density at radius 2 is 2.07 bits per heavy atom. The smallest absolute Gasteiger partial charge is 0.326 e. The molecular formula is C18H21N3O6. The van der Waals surface area contributed by atoms with Crippen LogP contribution in [-0.4, -0.2) is 54.5 Å². The molecule has 0 radical (unpaired) electrons. The summed E-state index contributed by atoms with van der Waals surface area (Å²) in [5, 5.41) is 5.21. The Hall–Kier alpha value is -3.10. The molecule has 1 aliphatic carbocycles. The maximum Gasteiger partial charge on any atom is 0.326 e. The van der Waals surface area contributed by atoms with Gasteiger partial charge in [-0.3, -0.25) is 19.3 Å². The lowest BCUT2D eigenvalue weighted by Crippen LogP contribution is -2.46. The summed E-state index contributed by atoms with van der Waals surface area (Å²) in [5.74, 6) is -1.14. The molecule has 3 rings (SSSR count). The van der Waals surface area contributed by atoms with Crippen LogP contribution in [0.3, 0.4) is 0 Å². The van der Waals surface area contributed by atoms with Crippen molar-refractivity contribution in [1.82, 2.24) is 10.2 Å². The minimum Gasteiger partial charge on any atom is -0.497 e. The van der Waals surface area contributed by atoms with E-state index in [0.29, 0.717) is 11.4 Å². The Bertz CT molecular complexity index is 791. The fourth-order valence-electron chi connectivity index (χ4n) is 3.02. The van der Waals surface area contributed by atoms with Crippen molar-refractivity contribution in [2.75, 3.05) is 25.6 Å². The first-order valence-corrected chi connectivity index (χ1v) is 8.57. The van der Waals surface area contributed by atoms with Gasteiger partial charge in [0.1, 0.15) is 17.8 Å². The van der Waals surface area contributed by atoms with Crippen LogP contribution in [0.2, 0.25) is 0 Å². The molecule has 1 saturated carbocycles. The molecule has 1 aliphatic heterocycles. The van der Waals surface area contributed by atoms with Gasteiger partial charge in [0.15, 0.2) is 6.61 Å². The molecule has 0 unspecified atom stereocenters. The lowest BCUT2D eigenvalue weighted by Gasteiger charge is -2.20. The van der Waals surface area contributed by atoms with Gasteiger partial charge in [0.05, 0.1) is 7.11 Å². The van der Waals surface area contributed by atoms with Crippen LogP contribution < -0.4 is 15.4 Å². The van der Waals surface area contributed by atoms with Crippen LogP contribution in [0.25, 0.3) is 0 Å². The van der Waals surface area contributed by atoms with Gasteiger partial charge in [0.2, 0.25) is 0 Å². The van der Waals surface area contributed by atoms with Crippen molar-refractivity contribution >= 4 is 29.5 Å². The van der Waals surface area contributed by atoms with E-state index < -0.39 is 42.5 Å². The van der Waals surface area contributed by atoms with Gasteiger partial charge >= 0.3 is 12.0 Å². The number of rotatable bonds is 7. The summed E-state index contributed by atoms with van der Waals surface area (Å²) >= 11 is 0. The largest absolute Gasteiger partial charge is 0.497 e. The van der Waals surface area contributed by atoms with Crippen molar-refractivity contribution in [2.24, 2.45) is 5.92 Å². The fraction of sp³-hybridized carbons (Fsp3) is 0.444. The number of carbonyl (C=O) groups excluding carboxylic acids is 4. The molecule has 2 fully saturated rings. The number of amides is 4. The van der Waals surface area contributed by atoms with E-state index in [9.17, 15) is 19.2 Å². The highest BCUT2D eigenvalue weighted by Gasteiger charge is 2.56. The van der Waals surface area contributed by atoms with E-state index in [1.54, 1.807) is 31.2 Å². The molecule has 1 heterocycles. The number of nitrogens with one attached hydrogen (secondary N) is 2. The van der Waals surface area contributed by atoms with Crippen LogP contribution in [0, 0.1) is 5.92 Å². The quantitative estimate of drug-likeness (QED) is 0.541. The molecule has 0 aromatic heterocycles. The minimum absolute atomic E-state index is 0.101. The summed E-state index contributed by atoms with van der Waals surface area (Å²) in [6.45, 7) is 0.608. The molecule has 1 aromatic rings. The van der Waals surface area contributed by atoms with Crippen LogP contribution in [0.5, 0.6) is 5.75 Å². The van der Waals surface area contributed by atoms with Crippen LogP contribution in [0.4, 0.5) is 10.5 Å². The van der Waals surface area contributed by atoms with Gasteiger partial charge in [-0.15, -0.1) is 0 Å². The topological polar surface area (TPSA) is 114 Å². The standard InChI is InChI=1S/C18H21N3O6/c1-18(11-6-7-11)16(24)21(17(25)20-18)9-15(23)27-10-14(22)19-12-4-3-5-13(8-12)26-2/h3-5,8,11H,6-7,9-10H2,1-2H3,(H,19,22)(H,20,25)/t18-/m1/s1.